The molecule has 2 aromatic carbocycles. The summed E-state index contributed by atoms with van der Waals surface area (Å²) in [5.41, 5.74) is 6.35. The number of nitrogens with two attached hydrogens (primary N) is 1. The van der Waals surface area contributed by atoms with Gasteiger partial charge in [0.15, 0.2) is 0 Å². The molecule has 4 rings (SSSR count). The van der Waals surface area contributed by atoms with E-state index in [1.807, 2.05) is 0 Å². The first kappa shape index (κ1) is 19.7. The molecule has 0 saturated carbocycles. The number of alkyl halides is 3. The molecule has 0 spiro atoms. The van der Waals surface area contributed by atoms with Crippen LogP contribution in [-0.2, 0) is 6.18 Å². The minimum atomic E-state index is -4.57. The number of nitrogen functional groups attached to an aromatic ring is 1. The Labute approximate surface area is 171 Å². The number of fused-ring (bicyclic) bond motifs is 1. The van der Waals surface area contributed by atoms with Crippen LogP contribution >= 0.6 is 0 Å². The van der Waals surface area contributed by atoms with Crippen molar-refractivity contribution in [1.29, 1.82) is 0 Å². The van der Waals surface area contributed by atoms with Gasteiger partial charge in [-0.3, -0.25) is 0 Å². The Bertz CT molecular complexity index is 1180. The third kappa shape index (κ3) is 3.68. The molecule has 29 heavy (non-hydrogen) atoms. The van der Waals surface area contributed by atoms with Crippen molar-refractivity contribution in [3.8, 4) is 17.1 Å². The number of ether oxygens (including phenoxy) is 1. The number of methoxy groups -OCH3 is 1. The summed E-state index contributed by atoms with van der Waals surface area (Å²) in [6, 6.07) is 8.27. The van der Waals surface area contributed by atoms with Crippen LogP contribution in [0.25, 0.3) is 22.3 Å². The van der Waals surface area contributed by atoms with Gasteiger partial charge >= 0.3 is 172 Å². The fourth-order valence-electron chi connectivity index (χ4n) is 3.13. The Hall–Kier alpha value is -2.62. The fourth-order valence-corrected chi connectivity index (χ4v) is 5.78. The van der Waals surface area contributed by atoms with Crippen LogP contribution < -0.4 is 10.5 Å². The van der Waals surface area contributed by atoms with E-state index in [0.29, 0.717) is 16.7 Å². The van der Waals surface area contributed by atoms with Gasteiger partial charge in [-0.1, -0.05) is 0 Å². The molecule has 1 aliphatic rings. The molecule has 146 valence electrons. The minimum absolute atomic E-state index is 0.00924. The SMILES string of the molecule is COc1cc(C2=[N][In]([F])[CH]=C2)cc2c(N)nc(-c3ccccc3C(F)(F)F)nc12. The quantitative estimate of drug-likeness (QED) is 0.542. The van der Waals surface area contributed by atoms with E-state index < -0.39 is 34.1 Å². The van der Waals surface area contributed by atoms with Gasteiger partial charge in [0.1, 0.15) is 0 Å². The van der Waals surface area contributed by atoms with Crippen molar-refractivity contribution in [3.63, 3.8) is 0 Å². The molecule has 0 amide bonds. The third-order valence-electron chi connectivity index (χ3n) is 4.46. The molecule has 10 heteroatoms. The van der Waals surface area contributed by atoms with Crippen LogP contribution in [0.4, 0.5) is 21.7 Å². The Morgan fingerprint density at radius 3 is 2.52 bits per heavy atom. The monoisotopic (exact) mass is 504 g/mol. The van der Waals surface area contributed by atoms with Gasteiger partial charge in [-0.15, -0.1) is 0 Å². The molecule has 0 atom stereocenters. The van der Waals surface area contributed by atoms with Gasteiger partial charge < -0.3 is 0 Å². The Morgan fingerprint density at radius 1 is 1.10 bits per heavy atom. The standard InChI is InChI=1S/C19H13F3N4O.FH.In/c1-3-14(23)10-8-12-16(15(9-10)27-2)25-18(26-17(12)24)11-6-4-5-7-13(11)19(20,21)22;;/h1,3-9H,2H3,(H2,24,25,26);1H;/q-1;;+2/p-1. The van der Waals surface area contributed by atoms with Crippen molar-refractivity contribution in [3.05, 3.63) is 57.4 Å². The van der Waals surface area contributed by atoms with Crippen LogP contribution in [0.1, 0.15) is 11.1 Å². The Balaban J connectivity index is 1.94. The van der Waals surface area contributed by atoms with Gasteiger partial charge in [0.25, 0.3) is 0 Å². The molecule has 5 nitrogen and oxygen atoms in total. The summed E-state index contributed by atoms with van der Waals surface area (Å²) in [6.45, 7) is 0. The van der Waals surface area contributed by atoms with Crippen molar-refractivity contribution in [2.75, 3.05) is 12.8 Å². The van der Waals surface area contributed by atoms with E-state index in [1.54, 1.807) is 18.2 Å². The predicted octanol–water partition coefficient (Wildman–Crippen LogP) is 4.26. The molecule has 0 unspecified atom stereocenters. The predicted molar refractivity (Wildman–Crippen MR) is 103 cm³/mol. The number of rotatable bonds is 3. The van der Waals surface area contributed by atoms with Crippen LogP contribution in [0.5, 0.6) is 5.75 Å². The van der Waals surface area contributed by atoms with Crippen LogP contribution in [-0.4, -0.2) is 45.1 Å². The second-order valence-electron chi connectivity index (χ2n) is 6.30. The van der Waals surface area contributed by atoms with Crippen molar-refractivity contribution < 1.29 is 20.6 Å². The maximum atomic E-state index is 13.6. The summed E-state index contributed by atoms with van der Waals surface area (Å²) < 4.78 is 64.7. The normalized spacial score (nSPS) is 13.8. The van der Waals surface area contributed by atoms with Crippen LogP contribution in [0.15, 0.2) is 49.3 Å². The molecule has 1 aliphatic heterocycles. The van der Waals surface area contributed by atoms with Gasteiger partial charge in [-0.2, -0.15) is 0 Å². The first-order valence-electron chi connectivity index (χ1n) is 8.50. The summed E-state index contributed by atoms with van der Waals surface area (Å²) in [5, 5.41) is 0.390. The average Bonchev–Trinajstić information content (AvgIpc) is 3.13. The van der Waals surface area contributed by atoms with Gasteiger partial charge in [-0.25, -0.2) is 0 Å². The van der Waals surface area contributed by atoms with Gasteiger partial charge in [0.2, 0.25) is 0 Å². The molecular weight excluding hydrogens is 491 g/mol. The molecule has 0 fully saturated rings. The van der Waals surface area contributed by atoms with E-state index in [4.69, 9.17) is 10.5 Å². The van der Waals surface area contributed by atoms with E-state index in [1.165, 1.54) is 29.1 Å². The van der Waals surface area contributed by atoms with Crippen molar-refractivity contribution in [2.24, 2.45) is 2.98 Å². The molecular formula is C19H13F4InN4O. The summed E-state index contributed by atoms with van der Waals surface area (Å²) in [6.07, 6.45) is -2.95. The van der Waals surface area contributed by atoms with Crippen LogP contribution in [0, 0.1) is 0 Å². The Kier molecular flexibility index (Phi) is 4.97. The zero-order chi connectivity index (χ0) is 20.8. The van der Waals surface area contributed by atoms with Crippen molar-refractivity contribution >= 4 is 44.8 Å². The number of allylic oxidation sites excluding steroid dienone is 1. The topological polar surface area (TPSA) is 73.4 Å². The zero-order valence-electron chi connectivity index (χ0n) is 15.0. The molecule has 3 aromatic rings. The van der Waals surface area contributed by atoms with Gasteiger partial charge in [-0.05, 0) is 0 Å². The summed E-state index contributed by atoms with van der Waals surface area (Å²) in [7, 11) is 1.41. The third-order valence-corrected chi connectivity index (χ3v) is 7.41. The van der Waals surface area contributed by atoms with Crippen LogP contribution in [0.3, 0.4) is 0 Å². The van der Waals surface area contributed by atoms with Crippen molar-refractivity contribution in [1.82, 2.24) is 9.97 Å². The first-order chi connectivity index (χ1) is 13.8. The van der Waals surface area contributed by atoms with Crippen molar-refractivity contribution in [2.45, 2.75) is 6.18 Å². The molecule has 2 heterocycles. The van der Waals surface area contributed by atoms with Gasteiger partial charge in [0, 0.05) is 0 Å². The number of hydrogen-bond donors (Lipinski definition) is 1. The maximum absolute atomic E-state index is 13.6. The first-order valence-corrected chi connectivity index (χ1v) is 13.1. The number of halogens is 4. The Morgan fingerprint density at radius 2 is 1.86 bits per heavy atom. The van der Waals surface area contributed by atoms with E-state index in [2.05, 4.69) is 12.9 Å². The van der Waals surface area contributed by atoms with Gasteiger partial charge in [0.05, 0.1) is 0 Å². The summed E-state index contributed by atoms with van der Waals surface area (Å²) in [5.74, 6) is 0.114. The fraction of sp³-hybridized carbons (Fsp3) is 0.105. The van der Waals surface area contributed by atoms with E-state index in [-0.39, 0.29) is 28.5 Å². The number of hydrogen-bond acceptors (Lipinski definition) is 5. The average molecular weight is 504 g/mol. The number of benzene rings is 2. The second-order valence-corrected chi connectivity index (χ2v) is 10.3. The van der Waals surface area contributed by atoms with E-state index >= 15 is 0 Å². The number of aromatic nitrogens is 2. The van der Waals surface area contributed by atoms with E-state index in [0.717, 1.165) is 6.07 Å². The second kappa shape index (κ2) is 7.33. The van der Waals surface area contributed by atoms with Crippen LogP contribution in [0.2, 0.25) is 0 Å². The molecule has 0 aliphatic carbocycles. The zero-order valence-corrected chi connectivity index (χ0v) is 18.3. The van der Waals surface area contributed by atoms with E-state index in [9.17, 15) is 15.8 Å². The molecule has 1 aromatic heterocycles. The molecule has 0 radical (unpaired) electrons. The summed E-state index contributed by atoms with van der Waals surface area (Å²) >= 11 is -3.43. The molecule has 0 saturated heterocycles. The summed E-state index contributed by atoms with van der Waals surface area (Å²) in [4.78, 5) is 8.40. The molecule has 2 N–H and O–H groups in total. The molecule has 0 bridgehead atoms. The number of anilines is 1. The number of nitrogens with zero attached hydrogens (tertiary/aromatic N) is 3.